The van der Waals surface area contributed by atoms with Crippen LogP contribution in [0.4, 0.5) is 0 Å². The number of methoxy groups -OCH3 is 1. The molecule has 19 heavy (non-hydrogen) atoms. The molecule has 3 unspecified atom stereocenters. The van der Waals surface area contributed by atoms with Crippen molar-refractivity contribution in [2.24, 2.45) is 0 Å². The Hall–Kier alpha value is -0.200. The summed E-state index contributed by atoms with van der Waals surface area (Å²) in [6, 6.07) is 1.34. The predicted molar refractivity (Wildman–Crippen MR) is 74.3 cm³/mol. The fourth-order valence-corrected chi connectivity index (χ4v) is 3.13. The van der Waals surface area contributed by atoms with Crippen molar-refractivity contribution in [2.45, 2.75) is 43.9 Å². The topological polar surface area (TPSA) is 54.0 Å². The van der Waals surface area contributed by atoms with Crippen molar-refractivity contribution in [3.8, 4) is 0 Å². The second-order valence-electron chi connectivity index (χ2n) is 5.68. The Morgan fingerprint density at radius 2 is 2.21 bits per heavy atom. The molecule has 2 aliphatic rings. The summed E-state index contributed by atoms with van der Waals surface area (Å²) in [6.45, 7) is 4.65. The SMILES string of the molecule is COCCOCC(O)CNC1CCN2CCCC2C1. The van der Waals surface area contributed by atoms with Gasteiger partial charge in [0.05, 0.1) is 25.9 Å². The van der Waals surface area contributed by atoms with Crippen molar-refractivity contribution in [3.05, 3.63) is 0 Å². The molecular weight excluding hydrogens is 244 g/mol. The monoisotopic (exact) mass is 272 g/mol. The molecule has 0 radical (unpaired) electrons. The molecule has 3 atom stereocenters. The maximum Gasteiger partial charge on any atom is 0.0897 e. The fourth-order valence-electron chi connectivity index (χ4n) is 3.13. The first-order valence-corrected chi connectivity index (χ1v) is 7.51. The highest BCUT2D eigenvalue weighted by Gasteiger charge is 2.31. The van der Waals surface area contributed by atoms with Gasteiger partial charge in [-0.05, 0) is 38.8 Å². The van der Waals surface area contributed by atoms with E-state index in [1.165, 1.54) is 38.8 Å². The van der Waals surface area contributed by atoms with Crippen LogP contribution in [0.25, 0.3) is 0 Å². The summed E-state index contributed by atoms with van der Waals surface area (Å²) in [5, 5.41) is 13.3. The summed E-state index contributed by atoms with van der Waals surface area (Å²) in [6.07, 6.45) is 4.72. The number of aliphatic hydroxyl groups excluding tert-OH is 1. The van der Waals surface area contributed by atoms with Crippen molar-refractivity contribution >= 4 is 0 Å². The molecule has 0 spiro atoms. The van der Waals surface area contributed by atoms with Crippen molar-refractivity contribution in [1.82, 2.24) is 10.2 Å². The number of hydrogen-bond donors (Lipinski definition) is 2. The lowest BCUT2D eigenvalue weighted by Crippen LogP contribution is -2.47. The Morgan fingerprint density at radius 3 is 3.05 bits per heavy atom. The van der Waals surface area contributed by atoms with Crippen LogP contribution in [0.15, 0.2) is 0 Å². The van der Waals surface area contributed by atoms with Crippen LogP contribution in [-0.4, -0.2) is 74.8 Å². The second kappa shape index (κ2) is 8.17. The number of nitrogens with one attached hydrogen (secondary N) is 1. The van der Waals surface area contributed by atoms with Crippen molar-refractivity contribution in [2.75, 3.05) is 46.6 Å². The second-order valence-corrected chi connectivity index (χ2v) is 5.68. The zero-order valence-electron chi connectivity index (χ0n) is 12.0. The Labute approximate surface area is 116 Å². The van der Waals surface area contributed by atoms with Crippen LogP contribution < -0.4 is 5.32 Å². The summed E-state index contributed by atoms with van der Waals surface area (Å²) in [5.41, 5.74) is 0. The molecule has 2 saturated heterocycles. The molecule has 112 valence electrons. The quantitative estimate of drug-likeness (QED) is 0.619. The van der Waals surface area contributed by atoms with Gasteiger partial charge in [-0.3, -0.25) is 0 Å². The first kappa shape index (κ1) is 15.2. The van der Waals surface area contributed by atoms with Crippen LogP contribution in [-0.2, 0) is 9.47 Å². The van der Waals surface area contributed by atoms with Gasteiger partial charge in [0.1, 0.15) is 0 Å². The number of rotatable bonds is 8. The third kappa shape index (κ3) is 5.00. The van der Waals surface area contributed by atoms with Crippen LogP contribution in [0.2, 0.25) is 0 Å². The highest BCUT2D eigenvalue weighted by Crippen LogP contribution is 2.26. The number of ether oxygens (including phenoxy) is 2. The molecular formula is C14H28N2O3. The predicted octanol–water partition coefficient (Wildman–Crippen LogP) is 0.227. The van der Waals surface area contributed by atoms with E-state index in [2.05, 4.69) is 10.2 Å². The number of piperidine rings is 1. The Balaban J connectivity index is 1.55. The summed E-state index contributed by atoms with van der Waals surface area (Å²) >= 11 is 0. The highest BCUT2D eigenvalue weighted by atomic mass is 16.5. The maximum absolute atomic E-state index is 9.83. The van der Waals surface area contributed by atoms with Crippen LogP contribution >= 0.6 is 0 Å². The molecule has 5 nitrogen and oxygen atoms in total. The summed E-state index contributed by atoms with van der Waals surface area (Å²) in [7, 11) is 1.65. The summed E-state index contributed by atoms with van der Waals surface area (Å²) < 4.78 is 10.2. The molecule has 5 heteroatoms. The van der Waals surface area contributed by atoms with Gasteiger partial charge in [-0.25, -0.2) is 0 Å². The van der Waals surface area contributed by atoms with Gasteiger partial charge in [0.2, 0.25) is 0 Å². The zero-order valence-corrected chi connectivity index (χ0v) is 12.0. The molecule has 0 aromatic rings. The normalized spacial score (nSPS) is 29.4. The summed E-state index contributed by atoms with van der Waals surface area (Å²) in [5.74, 6) is 0. The van der Waals surface area contributed by atoms with Gasteiger partial charge < -0.3 is 24.8 Å². The molecule has 2 aliphatic heterocycles. The van der Waals surface area contributed by atoms with Crippen molar-refractivity contribution in [3.63, 3.8) is 0 Å². The van der Waals surface area contributed by atoms with Crippen LogP contribution in [0, 0.1) is 0 Å². The smallest absolute Gasteiger partial charge is 0.0897 e. The van der Waals surface area contributed by atoms with E-state index >= 15 is 0 Å². The lowest BCUT2D eigenvalue weighted by Gasteiger charge is -2.35. The van der Waals surface area contributed by atoms with E-state index in [-0.39, 0.29) is 0 Å². The van der Waals surface area contributed by atoms with Gasteiger partial charge in [-0.15, -0.1) is 0 Å². The lowest BCUT2D eigenvalue weighted by molar-refractivity contribution is 0.0117. The average Bonchev–Trinajstić information content (AvgIpc) is 2.89. The summed E-state index contributed by atoms with van der Waals surface area (Å²) in [4.78, 5) is 2.61. The number of nitrogens with zero attached hydrogens (tertiary/aromatic N) is 1. The zero-order chi connectivity index (χ0) is 13.5. The largest absolute Gasteiger partial charge is 0.389 e. The third-order valence-corrected chi connectivity index (χ3v) is 4.20. The van der Waals surface area contributed by atoms with Crippen molar-refractivity contribution in [1.29, 1.82) is 0 Å². The molecule has 0 aliphatic carbocycles. The number of aliphatic hydroxyl groups is 1. The first-order chi connectivity index (χ1) is 9.29. The highest BCUT2D eigenvalue weighted by molar-refractivity contribution is 4.89. The van der Waals surface area contributed by atoms with Crippen LogP contribution in [0.5, 0.6) is 0 Å². The minimum absolute atomic E-state index is 0.388. The van der Waals surface area contributed by atoms with Gasteiger partial charge in [0, 0.05) is 25.7 Å². The molecule has 2 N–H and O–H groups in total. The fraction of sp³-hybridized carbons (Fsp3) is 1.00. The van der Waals surface area contributed by atoms with Gasteiger partial charge in [-0.1, -0.05) is 0 Å². The minimum atomic E-state index is -0.418. The van der Waals surface area contributed by atoms with E-state index < -0.39 is 6.10 Å². The Morgan fingerprint density at radius 1 is 1.32 bits per heavy atom. The molecule has 0 saturated carbocycles. The van der Waals surface area contributed by atoms with Gasteiger partial charge in [0.25, 0.3) is 0 Å². The number of fused-ring (bicyclic) bond motifs is 1. The van der Waals surface area contributed by atoms with Crippen LogP contribution in [0.1, 0.15) is 25.7 Å². The molecule has 0 aromatic heterocycles. The van der Waals surface area contributed by atoms with E-state index in [1.54, 1.807) is 7.11 Å². The maximum atomic E-state index is 9.83. The first-order valence-electron chi connectivity index (χ1n) is 7.51. The van der Waals surface area contributed by atoms with Crippen LogP contribution in [0.3, 0.4) is 0 Å². The van der Waals surface area contributed by atoms with E-state index in [0.29, 0.717) is 32.4 Å². The van der Waals surface area contributed by atoms with Crippen molar-refractivity contribution < 1.29 is 14.6 Å². The molecule has 2 heterocycles. The molecule has 2 fully saturated rings. The minimum Gasteiger partial charge on any atom is -0.389 e. The Bertz CT molecular complexity index is 253. The number of hydrogen-bond acceptors (Lipinski definition) is 5. The van der Waals surface area contributed by atoms with Gasteiger partial charge >= 0.3 is 0 Å². The molecule has 0 aromatic carbocycles. The van der Waals surface area contributed by atoms with E-state index in [9.17, 15) is 5.11 Å². The lowest BCUT2D eigenvalue weighted by atomic mass is 9.97. The molecule has 0 bridgehead atoms. The van der Waals surface area contributed by atoms with Gasteiger partial charge in [0.15, 0.2) is 0 Å². The van der Waals surface area contributed by atoms with E-state index in [1.807, 2.05) is 0 Å². The standard InChI is InChI=1S/C14H28N2O3/c1-18-7-8-19-11-14(17)10-15-12-4-6-16-5-2-3-13(16)9-12/h12-15,17H,2-11H2,1H3. The third-order valence-electron chi connectivity index (χ3n) is 4.20. The van der Waals surface area contributed by atoms with Gasteiger partial charge in [-0.2, -0.15) is 0 Å². The molecule has 0 amide bonds. The molecule has 2 rings (SSSR count). The average molecular weight is 272 g/mol. The Kier molecular flexibility index (Phi) is 6.53. The van der Waals surface area contributed by atoms with E-state index in [4.69, 9.17) is 9.47 Å². The van der Waals surface area contributed by atoms with E-state index in [0.717, 1.165) is 6.04 Å².